The smallest absolute Gasteiger partial charge is 0.253 e. The molecule has 36 heavy (non-hydrogen) atoms. The summed E-state index contributed by atoms with van der Waals surface area (Å²) in [6, 6.07) is 23.8. The Kier molecular flexibility index (Phi) is 8.70. The molecular weight excluding hydrogens is 452 g/mol. The van der Waals surface area contributed by atoms with Crippen LogP contribution in [0.3, 0.4) is 0 Å². The van der Waals surface area contributed by atoms with Crippen molar-refractivity contribution in [3.05, 3.63) is 95.6 Å². The molecule has 1 aliphatic rings. The van der Waals surface area contributed by atoms with E-state index in [1.807, 2.05) is 47.4 Å². The second kappa shape index (κ2) is 12.5. The Bertz CT molecular complexity index is 1170. The molecule has 3 amide bonds. The Balaban J connectivity index is 1.25. The summed E-state index contributed by atoms with van der Waals surface area (Å²) in [4.78, 5) is 39.6. The molecule has 4 rings (SSSR count). The summed E-state index contributed by atoms with van der Waals surface area (Å²) in [5, 5.41) is 8.79. The van der Waals surface area contributed by atoms with Crippen LogP contribution in [0.1, 0.15) is 52.0 Å². The molecule has 1 fully saturated rings. The van der Waals surface area contributed by atoms with Crippen LogP contribution < -0.4 is 16.0 Å². The van der Waals surface area contributed by atoms with Crippen molar-refractivity contribution in [1.82, 2.24) is 10.2 Å². The fourth-order valence-electron chi connectivity index (χ4n) is 4.19. The second-order valence-electron chi connectivity index (χ2n) is 8.93. The summed E-state index contributed by atoms with van der Waals surface area (Å²) in [6.07, 6.45) is 4.48. The van der Waals surface area contributed by atoms with Crippen molar-refractivity contribution >= 4 is 29.1 Å². The Morgan fingerprint density at radius 2 is 1.44 bits per heavy atom. The molecule has 7 heteroatoms. The zero-order valence-corrected chi connectivity index (χ0v) is 20.3. The number of nitrogens with one attached hydrogen (secondary N) is 3. The molecule has 7 nitrogen and oxygen atoms in total. The Hall–Kier alpha value is -4.13. The molecule has 0 unspecified atom stereocenters. The van der Waals surface area contributed by atoms with Gasteiger partial charge in [0.05, 0.1) is 6.54 Å². The number of carbonyl (C=O) groups excluding carboxylic acids is 3. The van der Waals surface area contributed by atoms with Gasteiger partial charge in [0.2, 0.25) is 5.91 Å². The molecule has 3 aromatic carbocycles. The molecule has 3 N–H and O–H groups in total. The molecule has 3 aromatic rings. The fraction of sp³-hybridized carbons (Fsp3) is 0.276. The Labute approximate surface area is 211 Å². The van der Waals surface area contributed by atoms with Crippen LogP contribution in [-0.4, -0.2) is 42.3 Å². The molecular formula is C29H32N4O3. The molecule has 1 saturated heterocycles. The van der Waals surface area contributed by atoms with Gasteiger partial charge in [-0.15, -0.1) is 0 Å². The van der Waals surface area contributed by atoms with E-state index in [1.54, 1.807) is 36.4 Å². The molecule has 0 bridgehead atoms. The van der Waals surface area contributed by atoms with Crippen molar-refractivity contribution in [2.45, 2.75) is 32.2 Å². The highest BCUT2D eigenvalue weighted by molar-refractivity contribution is 5.98. The molecule has 0 spiro atoms. The van der Waals surface area contributed by atoms with Crippen molar-refractivity contribution < 1.29 is 14.4 Å². The van der Waals surface area contributed by atoms with Crippen LogP contribution >= 0.6 is 0 Å². The number of anilines is 2. The molecule has 0 aliphatic carbocycles. The lowest BCUT2D eigenvalue weighted by atomic mass is 10.1. The van der Waals surface area contributed by atoms with Gasteiger partial charge in [0.1, 0.15) is 0 Å². The second-order valence-corrected chi connectivity index (χ2v) is 8.93. The molecule has 186 valence electrons. The first-order valence-electron chi connectivity index (χ1n) is 12.4. The molecule has 0 radical (unpaired) electrons. The van der Waals surface area contributed by atoms with E-state index in [9.17, 15) is 14.4 Å². The monoisotopic (exact) mass is 484 g/mol. The van der Waals surface area contributed by atoms with Gasteiger partial charge >= 0.3 is 0 Å². The summed E-state index contributed by atoms with van der Waals surface area (Å²) >= 11 is 0. The normalized spacial score (nSPS) is 13.4. The standard InChI is InChI=1S/C29H32N4O3/c34-27(21-30-25-15-13-23(14-16-25)29(36)33-17-6-1-2-7-18-33)32-26-12-8-11-24(19-26)28(35)31-20-22-9-4-3-5-10-22/h3-5,8-16,19,30H,1-2,6-7,17-18,20-21H2,(H,31,35)(H,32,34). The van der Waals surface area contributed by atoms with E-state index in [0.717, 1.165) is 37.2 Å². The summed E-state index contributed by atoms with van der Waals surface area (Å²) < 4.78 is 0. The van der Waals surface area contributed by atoms with E-state index in [4.69, 9.17) is 0 Å². The van der Waals surface area contributed by atoms with Gasteiger partial charge in [-0.25, -0.2) is 0 Å². The highest BCUT2D eigenvalue weighted by Crippen LogP contribution is 2.16. The van der Waals surface area contributed by atoms with Crippen molar-refractivity contribution in [3.63, 3.8) is 0 Å². The summed E-state index contributed by atoms with van der Waals surface area (Å²) in [6.45, 7) is 2.12. The summed E-state index contributed by atoms with van der Waals surface area (Å²) in [5.41, 5.74) is 3.45. The zero-order valence-electron chi connectivity index (χ0n) is 20.3. The first-order valence-corrected chi connectivity index (χ1v) is 12.4. The Morgan fingerprint density at radius 3 is 2.17 bits per heavy atom. The number of benzene rings is 3. The molecule has 1 aliphatic heterocycles. The number of carbonyl (C=O) groups is 3. The van der Waals surface area contributed by atoms with E-state index < -0.39 is 0 Å². The highest BCUT2D eigenvalue weighted by Gasteiger charge is 2.17. The van der Waals surface area contributed by atoms with E-state index in [-0.39, 0.29) is 24.3 Å². The maximum Gasteiger partial charge on any atom is 0.253 e. The molecule has 0 aromatic heterocycles. The minimum Gasteiger partial charge on any atom is -0.376 e. The zero-order chi connectivity index (χ0) is 25.2. The average Bonchev–Trinajstić information content (AvgIpc) is 3.21. The number of likely N-dealkylation sites (tertiary alicyclic amines) is 1. The number of amides is 3. The van der Waals surface area contributed by atoms with Crippen LogP contribution in [0.15, 0.2) is 78.9 Å². The van der Waals surface area contributed by atoms with Crippen LogP contribution in [0.5, 0.6) is 0 Å². The molecule has 0 atom stereocenters. The maximum atomic E-state index is 12.7. The predicted molar refractivity (Wildman–Crippen MR) is 142 cm³/mol. The third-order valence-corrected chi connectivity index (χ3v) is 6.18. The predicted octanol–water partition coefficient (Wildman–Crippen LogP) is 4.68. The average molecular weight is 485 g/mol. The van der Waals surface area contributed by atoms with Crippen LogP contribution in [0.4, 0.5) is 11.4 Å². The first-order chi connectivity index (χ1) is 17.6. The first kappa shape index (κ1) is 25.0. The minimum absolute atomic E-state index is 0.0594. The van der Waals surface area contributed by atoms with Gasteiger partial charge in [-0.3, -0.25) is 14.4 Å². The van der Waals surface area contributed by atoms with Crippen molar-refractivity contribution in [1.29, 1.82) is 0 Å². The van der Waals surface area contributed by atoms with E-state index >= 15 is 0 Å². The number of hydrogen-bond acceptors (Lipinski definition) is 4. The molecule has 0 saturated carbocycles. The highest BCUT2D eigenvalue weighted by atomic mass is 16.2. The summed E-state index contributed by atoms with van der Waals surface area (Å²) in [5.74, 6) is -0.377. The van der Waals surface area contributed by atoms with Gasteiger partial charge in [0.25, 0.3) is 11.8 Å². The lowest BCUT2D eigenvalue weighted by molar-refractivity contribution is -0.114. The van der Waals surface area contributed by atoms with Crippen molar-refractivity contribution in [2.75, 3.05) is 30.3 Å². The number of hydrogen-bond donors (Lipinski definition) is 3. The van der Waals surface area contributed by atoms with Gasteiger partial charge in [0, 0.05) is 42.1 Å². The lowest BCUT2D eigenvalue weighted by Gasteiger charge is -2.20. The molecule has 1 heterocycles. The van der Waals surface area contributed by atoms with Gasteiger partial charge in [-0.1, -0.05) is 49.2 Å². The quantitative estimate of drug-likeness (QED) is 0.433. The minimum atomic E-state index is -0.235. The number of rotatable bonds is 8. The SMILES string of the molecule is O=C(CNc1ccc(C(=O)N2CCCCCC2)cc1)Nc1cccc(C(=O)NCc2ccccc2)c1. The van der Waals surface area contributed by atoms with E-state index in [2.05, 4.69) is 16.0 Å². The van der Waals surface area contributed by atoms with Crippen molar-refractivity contribution in [3.8, 4) is 0 Å². The van der Waals surface area contributed by atoms with Gasteiger partial charge in [-0.05, 0) is 60.9 Å². The van der Waals surface area contributed by atoms with Crippen LogP contribution in [0.25, 0.3) is 0 Å². The largest absolute Gasteiger partial charge is 0.376 e. The topological polar surface area (TPSA) is 90.5 Å². The maximum absolute atomic E-state index is 12.7. The Morgan fingerprint density at radius 1 is 0.722 bits per heavy atom. The van der Waals surface area contributed by atoms with Gasteiger partial charge in [0.15, 0.2) is 0 Å². The number of nitrogens with zero attached hydrogens (tertiary/aromatic N) is 1. The van der Waals surface area contributed by atoms with Crippen LogP contribution in [0.2, 0.25) is 0 Å². The summed E-state index contributed by atoms with van der Waals surface area (Å²) in [7, 11) is 0. The van der Waals surface area contributed by atoms with Crippen LogP contribution in [-0.2, 0) is 11.3 Å². The fourth-order valence-corrected chi connectivity index (χ4v) is 4.19. The van der Waals surface area contributed by atoms with Gasteiger partial charge < -0.3 is 20.9 Å². The van der Waals surface area contributed by atoms with E-state index in [1.165, 1.54) is 12.8 Å². The van der Waals surface area contributed by atoms with Gasteiger partial charge in [-0.2, -0.15) is 0 Å². The third kappa shape index (κ3) is 7.18. The van der Waals surface area contributed by atoms with E-state index in [0.29, 0.717) is 23.4 Å². The van der Waals surface area contributed by atoms with Crippen LogP contribution in [0, 0.1) is 0 Å². The third-order valence-electron chi connectivity index (χ3n) is 6.18. The lowest BCUT2D eigenvalue weighted by Crippen LogP contribution is -2.31. The van der Waals surface area contributed by atoms with Crippen molar-refractivity contribution in [2.24, 2.45) is 0 Å².